The van der Waals surface area contributed by atoms with Gasteiger partial charge in [0, 0.05) is 12.2 Å². The van der Waals surface area contributed by atoms with Crippen LogP contribution in [0.3, 0.4) is 0 Å². The van der Waals surface area contributed by atoms with Crippen LogP contribution >= 0.6 is 12.4 Å². The van der Waals surface area contributed by atoms with Crippen molar-refractivity contribution in [2.75, 3.05) is 5.32 Å². The average Bonchev–Trinajstić information content (AvgIpc) is 2.36. The molecule has 1 aromatic carbocycles. The van der Waals surface area contributed by atoms with Gasteiger partial charge >= 0.3 is 6.03 Å². The quantitative estimate of drug-likeness (QED) is 0.640. The van der Waals surface area contributed by atoms with Gasteiger partial charge in [0.15, 0.2) is 0 Å². The molecule has 0 aliphatic heterocycles. The van der Waals surface area contributed by atoms with E-state index in [1.54, 1.807) is 24.3 Å². The highest BCUT2D eigenvalue weighted by atomic mass is 35.5. The summed E-state index contributed by atoms with van der Waals surface area (Å²) in [6.45, 7) is 4.46. The number of hydrogen-bond donors (Lipinski definition) is 4. The Morgan fingerprint density at radius 2 is 1.76 bits per heavy atom. The van der Waals surface area contributed by atoms with Gasteiger partial charge in [-0.15, -0.1) is 12.4 Å². The van der Waals surface area contributed by atoms with Crippen LogP contribution < -0.4 is 22.1 Å². The molecular weight excluding hydrogens is 292 g/mol. The molecule has 7 heteroatoms. The largest absolute Gasteiger partial charge is 0.351 e. The van der Waals surface area contributed by atoms with Crippen LogP contribution in [-0.2, 0) is 11.3 Å². The van der Waals surface area contributed by atoms with Gasteiger partial charge in [-0.2, -0.15) is 0 Å². The molecule has 0 radical (unpaired) electrons. The van der Waals surface area contributed by atoms with Crippen molar-refractivity contribution in [3.8, 4) is 0 Å². The summed E-state index contributed by atoms with van der Waals surface area (Å²) < 4.78 is 0. The third kappa shape index (κ3) is 7.53. The molecule has 1 aromatic rings. The van der Waals surface area contributed by atoms with Crippen molar-refractivity contribution >= 4 is 30.0 Å². The topological polar surface area (TPSA) is 110 Å². The number of anilines is 1. The lowest BCUT2D eigenvalue weighted by molar-refractivity contribution is -0.122. The lowest BCUT2D eigenvalue weighted by Gasteiger charge is -2.14. The molecule has 0 saturated carbocycles. The number of hydrogen-bond acceptors (Lipinski definition) is 3. The number of urea groups is 1. The van der Waals surface area contributed by atoms with Gasteiger partial charge in [-0.25, -0.2) is 4.79 Å². The summed E-state index contributed by atoms with van der Waals surface area (Å²) in [4.78, 5) is 22.4. The summed E-state index contributed by atoms with van der Waals surface area (Å²) in [5.74, 6) is 0.230. The summed E-state index contributed by atoms with van der Waals surface area (Å²) in [6, 6.07) is 5.97. The van der Waals surface area contributed by atoms with Crippen LogP contribution in [0.4, 0.5) is 10.5 Å². The van der Waals surface area contributed by atoms with Gasteiger partial charge in [-0.3, -0.25) is 4.79 Å². The Bertz CT molecular complexity index is 463. The van der Waals surface area contributed by atoms with Crippen LogP contribution in [-0.4, -0.2) is 18.0 Å². The number of halogens is 1. The standard InChI is InChI=1S/C14H22N4O2.ClH/c1-9(2)7-12(15)13(19)17-8-10-3-5-11(6-4-10)18-14(16)20;/h3-6,9,12H,7-8,15H2,1-2H3,(H,17,19)(H3,16,18,20);1H/t12-;/m0./s1. The van der Waals surface area contributed by atoms with Crippen LogP contribution in [0.1, 0.15) is 25.8 Å². The lowest BCUT2D eigenvalue weighted by atomic mass is 10.0. The molecule has 0 unspecified atom stereocenters. The molecule has 3 amide bonds. The Morgan fingerprint density at radius 1 is 1.19 bits per heavy atom. The Morgan fingerprint density at radius 3 is 2.24 bits per heavy atom. The van der Waals surface area contributed by atoms with Gasteiger partial charge < -0.3 is 22.1 Å². The maximum absolute atomic E-state index is 11.8. The average molecular weight is 315 g/mol. The zero-order valence-corrected chi connectivity index (χ0v) is 13.1. The molecule has 0 heterocycles. The minimum Gasteiger partial charge on any atom is -0.351 e. The first-order chi connectivity index (χ1) is 9.38. The predicted molar refractivity (Wildman–Crippen MR) is 86.2 cm³/mol. The molecule has 21 heavy (non-hydrogen) atoms. The lowest BCUT2D eigenvalue weighted by Crippen LogP contribution is -2.41. The molecule has 0 saturated heterocycles. The van der Waals surface area contributed by atoms with E-state index in [1.807, 2.05) is 13.8 Å². The Labute approximate surface area is 131 Å². The smallest absolute Gasteiger partial charge is 0.316 e. The van der Waals surface area contributed by atoms with E-state index in [0.717, 1.165) is 5.56 Å². The molecule has 0 aromatic heterocycles. The highest BCUT2D eigenvalue weighted by Crippen LogP contribution is 2.09. The fraction of sp³-hybridized carbons (Fsp3) is 0.429. The van der Waals surface area contributed by atoms with Gasteiger partial charge in [0.25, 0.3) is 0 Å². The molecule has 0 spiro atoms. The summed E-state index contributed by atoms with van der Waals surface area (Å²) >= 11 is 0. The third-order valence-corrected chi connectivity index (χ3v) is 2.75. The number of amides is 3. The van der Waals surface area contributed by atoms with Crippen molar-refractivity contribution in [3.63, 3.8) is 0 Å². The van der Waals surface area contributed by atoms with E-state index < -0.39 is 12.1 Å². The highest BCUT2D eigenvalue weighted by Gasteiger charge is 2.14. The fourth-order valence-electron chi connectivity index (χ4n) is 1.78. The van der Waals surface area contributed by atoms with Crippen molar-refractivity contribution in [2.45, 2.75) is 32.9 Å². The van der Waals surface area contributed by atoms with Gasteiger partial charge in [-0.1, -0.05) is 26.0 Å². The number of primary amides is 1. The first-order valence-corrected chi connectivity index (χ1v) is 6.57. The van der Waals surface area contributed by atoms with Crippen LogP contribution in [0.2, 0.25) is 0 Å². The number of rotatable bonds is 6. The van der Waals surface area contributed by atoms with E-state index in [-0.39, 0.29) is 18.3 Å². The minimum absolute atomic E-state index is 0. The second-order valence-electron chi connectivity index (χ2n) is 5.14. The zero-order valence-electron chi connectivity index (χ0n) is 12.3. The van der Waals surface area contributed by atoms with Gasteiger partial charge in [-0.05, 0) is 30.0 Å². The van der Waals surface area contributed by atoms with Crippen molar-refractivity contribution < 1.29 is 9.59 Å². The van der Waals surface area contributed by atoms with E-state index in [2.05, 4.69) is 10.6 Å². The van der Waals surface area contributed by atoms with Gasteiger partial charge in [0.2, 0.25) is 5.91 Å². The van der Waals surface area contributed by atoms with Gasteiger partial charge in [0.05, 0.1) is 6.04 Å². The van der Waals surface area contributed by atoms with E-state index in [0.29, 0.717) is 24.6 Å². The predicted octanol–water partition coefficient (Wildman–Crippen LogP) is 1.59. The first-order valence-electron chi connectivity index (χ1n) is 6.57. The number of nitrogens with two attached hydrogens (primary N) is 2. The van der Waals surface area contributed by atoms with E-state index in [1.165, 1.54) is 0 Å². The second kappa shape index (κ2) is 9.20. The Kier molecular flexibility index (Phi) is 8.42. The van der Waals surface area contributed by atoms with E-state index >= 15 is 0 Å². The first kappa shape index (κ1) is 19.2. The number of carbonyl (C=O) groups is 2. The molecule has 6 nitrogen and oxygen atoms in total. The summed E-state index contributed by atoms with van der Waals surface area (Å²) in [6.07, 6.45) is 0.660. The molecule has 0 aliphatic carbocycles. The zero-order chi connectivity index (χ0) is 15.1. The van der Waals surface area contributed by atoms with Crippen molar-refractivity contribution in [1.82, 2.24) is 5.32 Å². The van der Waals surface area contributed by atoms with Crippen molar-refractivity contribution in [3.05, 3.63) is 29.8 Å². The second-order valence-corrected chi connectivity index (χ2v) is 5.14. The molecule has 0 fully saturated rings. The SMILES string of the molecule is CC(C)C[C@H](N)C(=O)NCc1ccc(NC(N)=O)cc1.Cl. The Hall–Kier alpha value is -1.79. The van der Waals surface area contributed by atoms with E-state index in [9.17, 15) is 9.59 Å². The molecule has 1 atom stereocenters. The van der Waals surface area contributed by atoms with Crippen molar-refractivity contribution in [1.29, 1.82) is 0 Å². The number of nitrogens with one attached hydrogen (secondary N) is 2. The van der Waals surface area contributed by atoms with Crippen molar-refractivity contribution in [2.24, 2.45) is 17.4 Å². The molecule has 6 N–H and O–H groups in total. The summed E-state index contributed by atoms with van der Waals surface area (Å²) in [7, 11) is 0. The highest BCUT2D eigenvalue weighted by molar-refractivity contribution is 5.87. The summed E-state index contributed by atoms with van der Waals surface area (Å²) in [5, 5.41) is 5.26. The van der Waals surface area contributed by atoms with Gasteiger partial charge in [0.1, 0.15) is 0 Å². The van der Waals surface area contributed by atoms with Crippen LogP contribution in [0, 0.1) is 5.92 Å². The number of carbonyl (C=O) groups excluding carboxylic acids is 2. The molecule has 118 valence electrons. The molecular formula is C14H23ClN4O2. The maximum Gasteiger partial charge on any atom is 0.316 e. The number of benzene rings is 1. The van der Waals surface area contributed by atoms with Crippen LogP contribution in [0.25, 0.3) is 0 Å². The minimum atomic E-state index is -0.606. The van der Waals surface area contributed by atoms with Crippen LogP contribution in [0.5, 0.6) is 0 Å². The van der Waals surface area contributed by atoms with Crippen LogP contribution in [0.15, 0.2) is 24.3 Å². The van der Waals surface area contributed by atoms with E-state index in [4.69, 9.17) is 11.5 Å². The molecule has 1 rings (SSSR count). The fourth-order valence-corrected chi connectivity index (χ4v) is 1.78. The third-order valence-electron chi connectivity index (χ3n) is 2.75. The monoisotopic (exact) mass is 314 g/mol. The Balaban J connectivity index is 0.00000400. The maximum atomic E-state index is 11.8. The molecule has 0 aliphatic rings. The normalized spacial score (nSPS) is 11.4. The summed E-state index contributed by atoms with van der Waals surface area (Å²) in [5.41, 5.74) is 12.3. The molecule has 0 bridgehead atoms.